The van der Waals surface area contributed by atoms with Gasteiger partial charge in [-0.3, -0.25) is 19.2 Å². The van der Waals surface area contributed by atoms with Crippen molar-refractivity contribution in [3.8, 4) is 0 Å². The van der Waals surface area contributed by atoms with Crippen molar-refractivity contribution in [3.05, 3.63) is 18.2 Å². The minimum atomic E-state index is -1.27. The predicted octanol–water partition coefficient (Wildman–Crippen LogP) is -2.07. The lowest BCUT2D eigenvalue weighted by molar-refractivity contribution is -0.141. The molecule has 34 heavy (non-hydrogen) atoms. The van der Waals surface area contributed by atoms with Gasteiger partial charge in [0.05, 0.1) is 12.9 Å². The molecule has 1 aromatic heterocycles. The molecule has 0 aromatic carbocycles. The second-order valence-electron chi connectivity index (χ2n) is 8.11. The number of hydrogen-bond donors (Lipinski definition) is 8. The van der Waals surface area contributed by atoms with E-state index in [0.717, 1.165) is 0 Å². The van der Waals surface area contributed by atoms with Gasteiger partial charge >= 0.3 is 5.97 Å². The molecule has 0 aliphatic rings. The van der Waals surface area contributed by atoms with Crippen LogP contribution in [0.2, 0.25) is 0 Å². The minimum Gasteiger partial charge on any atom is -0.480 e. The summed E-state index contributed by atoms with van der Waals surface area (Å²) >= 11 is 3.92. The van der Waals surface area contributed by atoms with Crippen LogP contribution in [-0.2, 0) is 30.4 Å². The second kappa shape index (κ2) is 14.2. The Balaban J connectivity index is 2.90. The summed E-state index contributed by atoms with van der Waals surface area (Å²) in [5.74, 6) is -3.85. The highest BCUT2D eigenvalue weighted by Crippen LogP contribution is 2.06. The SMILES string of the molecule is CC(C)CC(NC(=O)CN)C(=O)NC(C)C(=O)NC(Cc1cnc[nH]1)C(=O)NC(CS)C(=O)O. The van der Waals surface area contributed by atoms with Gasteiger partial charge in [0.25, 0.3) is 0 Å². The van der Waals surface area contributed by atoms with E-state index < -0.39 is 53.8 Å². The summed E-state index contributed by atoms with van der Waals surface area (Å²) < 4.78 is 0. The molecule has 14 heteroatoms. The van der Waals surface area contributed by atoms with E-state index in [9.17, 15) is 29.1 Å². The summed E-state index contributed by atoms with van der Waals surface area (Å²) in [4.78, 5) is 67.7. The fraction of sp³-hybridized carbons (Fsp3) is 0.600. The molecular formula is C20H33N7O6S. The molecule has 1 rings (SSSR count). The van der Waals surface area contributed by atoms with E-state index in [1.54, 1.807) is 0 Å². The number of carboxylic acids is 1. The molecule has 0 saturated carbocycles. The van der Waals surface area contributed by atoms with Crippen molar-refractivity contribution in [2.24, 2.45) is 11.7 Å². The van der Waals surface area contributed by atoms with Gasteiger partial charge < -0.3 is 37.1 Å². The van der Waals surface area contributed by atoms with Crippen LogP contribution in [0.3, 0.4) is 0 Å². The topological polar surface area (TPSA) is 208 Å². The maximum absolute atomic E-state index is 12.8. The Morgan fingerprint density at radius 1 is 1.00 bits per heavy atom. The number of aliphatic carboxylic acids is 1. The first kappa shape index (κ1) is 28.9. The fourth-order valence-electron chi connectivity index (χ4n) is 2.92. The zero-order valence-corrected chi connectivity index (χ0v) is 20.2. The second-order valence-corrected chi connectivity index (χ2v) is 8.47. The summed E-state index contributed by atoms with van der Waals surface area (Å²) in [5, 5.41) is 19.1. The Morgan fingerprint density at radius 3 is 2.12 bits per heavy atom. The third-order valence-electron chi connectivity index (χ3n) is 4.71. The van der Waals surface area contributed by atoms with Crippen molar-refractivity contribution in [3.63, 3.8) is 0 Å². The number of nitrogens with two attached hydrogens (primary N) is 1. The Morgan fingerprint density at radius 2 is 1.62 bits per heavy atom. The lowest BCUT2D eigenvalue weighted by atomic mass is 10.0. The summed E-state index contributed by atoms with van der Waals surface area (Å²) in [7, 11) is 0. The van der Waals surface area contributed by atoms with Crippen LogP contribution in [0.5, 0.6) is 0 Å². The van der Waals surface area contributed by atoms with Crippen LogP contribution >= 0.6 is 12.6 Å². The largest absolute Gasteiger partial charge is 0.480 e. The number of H-pyrrole nitrogens is 1. The number of amides is 4. The molecule has 1 heterocycles. The van der Waals surface area contributed by atoms with Gasteiger partial charge in [-0.15, -0.1) is 0 Å². The minimum absolute atomic E-state index is 0.000315. The smallest absolute Gasteiger partial charge is 0.327 e. The molecule has 4 unspecified atom stereocenters. The number of carbonyl (C=O) groups is 5. The van der Waals surface area contributed by atoms with Crippen LogP contribution in [0.15, 0.2) is 12.5 Å². The third kappa shape index (κ3) is 9.79. The van der Waals surface area contributed by atoms with Crippen LogP contribution in [0, 0.1) is 5.92 Å². The highest BCUT2D eigenvalue weighted by molar-refractivity contribution is 7.80. The van der Waals surface area contributed by atoms with Crippen LogP contribution in [0.1, 0.15) is 32.9 Å². The molecule has 0 fully saturated rings. The molecule has 0 aliphatic carbocycles. The average Bonchev–Trinajstić information content (AvgIpc) is 3.28. The molecule has 8 N–H and O–H groups in total. The van der Waals surface area contributed by atoms with Crippen molar-refractivity contribution < 1.29 is 29.1 Å². The van der Waals surface area contributed by atoms with Crippen molar-refractivity contribution in [1.82, 2.24) is 31.2 Å². The van der Waals surface area contributed by atoms with Gasteiger partial charge in [-0.1, -0.05) is 13.8 Å². The van der Waals surface area contributed by atoms with Gasteiger partial charge in [-0.2, -0.15) is 12.6 Å². The van der Waals surface area contributed by atoms with Crippen molar-refractivity contribution in [2.45, 2.75) is 57.8 Å². The third-order valence-corrected chi connectivity index (χ3v) is 5.07. The summed E-state index contributed by atoms with van der Waals surface area (Å²) in [6.45, 7) is 4.88. The molecule has 0 saturated heterocycles. The normalized spacial score (nSPS) is 14.4. The first-order chi connectivity index (χ1) is 16.0. The maximum Gasteiger partial charge on any atom is 0.327 e. The molecule has 0 radical (unpaired) electrons. The number of hydrogen-bond acceptors (Lipinski definition) is 8. The van der Waals surface area contributed by atoms with Gasteiger partial charge in [0.15, 0.2) is 0 Å². The number of rotatable bonds is 14. The molecule has 190 valence electrons. The van der Waals surface area contributed by atoms with Crippen molar-refractivity contribution in [1.29, 1.82) is 0 Å². The van der Waals surface area contributed by atoms with E-state index in [0.29, 0.717) is 12.1 Å². The number of aromatic nitrogens is 2. The zero-order valence-electron chi connectivity index (χ0n) is 19.3. The van der Waals surface area contributed by atoms with Crippen molar-refractivity contribution >= 4 is 42.2 Å². The Labute approximate surface area is 202 Å². The number of carboxylic acid groups (broad SMARTS) is 1. The molecule has 4 amide bonds. The summed E-state index contributed by atoms with van der Waals surface area (Å²) in [6, 6.07) is -4.36. The molecule has 1 aromatic rings. The monoisotopic (exact) mass is 499 g/mol. The number of nitrogens with zero attached hydrogens (tertiary/aromatic N) is 1. The Kier molecular flexibility index (Phi) is 12.1. The fourth-order valence-corrected chi connectivity index (χ4v) is 3.16. The van der Waals surface area contributed by atoms with Crippen molar-refractivity contribution in [2.75, 3.05) is 12.3 Å². The number of nitrogens with one attached hydrogen (secondary N) is 5. The number of carbonyl (C=O) groups excluding carboxylic acids is 4. The first-order valence-corrected chi connectivity index (χ1v) is 11.3. The van der Waals surface area contributed by atoms with E-state index in [2.05, 4.69) is 43.9 Å². The van der Waals surface area contributed by atoms with E-state index in [4.69, 9.17) is 5.73 Å². The number of thiol groups is 1. The molecule has 0 spiro atoms. The number of imidazole rings is 1. The van der Waals surface area contributed by atoms with E-state index in [1.807, 2.05) is 13.8 Å². The van der Waals surface area contributed by atoms with Crippen LogP contribution in [-0.4, -0.2) is 81.1 Å². The predicted molar refractivity (Wildman–Crippen MR) is 126 cm³/mol. The zero-order chi connectivity index (χ0) is 25.8. The van der Waals surface area contributed by atoms with Crippen LogP contribution in [0.25, 0.3) is 0 Å². The van der Waals surface area contributed by atoms with E-state index >= 15 is 0 Å². The molecular weight excluding hydrogens is 466 g/mol. The standard InChI is InChI=1S/C20H33N7O6S/c1-10(2)4-13(25-16(28)6-21)18(30)24-11(3)17(29)26-14(5-12-7-22-9-23-12)19(31)27-15(8-34)20(32)33/h7,9-11,13-15,34H,4-6,8,21H2,1-3H3,(H,22,23)(H,24,30)(H,25,28)(H,26,29)(H,27,31)(H,32,33). The lowest BCUT2D eigenvalue weighted by Gasteiger charge is -2.24. The molecule has 4 atom stereocenters. The maximum atomic E-state index is 12.8. The number of aromatic amines is 1. The Bertz CT molecular complexity index is 848. The van der Waals surface area contributed by atoms with Gasteiger partial charge in [-0.05, 0) is 19.3 Å². The van der Waals surface area contributed by atoms with Gasteiger partial charge in [0, 0.05) is 24.1 Å². The summed E-state index contributed by atoms with van der Waals surface area (Å²) in [5.41, 5.74) is 5.83. The average molecular weight is 500 g/mol. The van der Waals surface area contributed by atoms with Crippen LogP contribution in [0.4, 0.5) is 0 Å². The van der Waals surface area contributed by atoms with E-state index in [1.165, 1.54) is 19.4 Å². The Hall–Kier alpha value is -3.13. The highest BCUT2D eigenvalue weighted by Gasteiger charge is 2.30. The molecule has 0 bridgehead atoms. The summed E-state index contributed by atoms with van der Waals surface area (Å²) in [6.07, 6.45) is 3.19. The van der Waals surface area contributed by atoms with Gasteiger partial charge in [0.1, 0.15) is 24.2 Å². The highest BCUT2D eigenvalue weighted by atomic mass is 32.1. The van der Waals surface area contributed by atoms with E-state index in [-0.39, 0.29) is 24.6 Å². The quantitative estimate of drug-likeness (QED) is 0.133. The first-order valence-electron chi connectivity index (χ1n) is 10.7. The van der Waals surface area contributed by atoms with Crippen LogP contribution < -0.4 is 27.0 Å². The molecule has 0 aliphatic heterocycles. The lowest BCUT2D eigenvalue weighted by Crippen LogP contribution is -2.58. The van der Waals surface area contributed by atoms with Gasteiger partial charge in [-0.25, -0.2) is 9.78 Å². The molecule has 13 nitrogen and oxygen atoms in total. The van der Waals surface area contributed by atoms with Gasteiger partial charge in [0.2, 0.25) is 23.6 Å².